The lowest BCUT2D eigenvalue weighted by molar-refractivity contribution is -0.132. The summed E-state index contributed by atoms with van der Waals surface area (Å²) >= 11 is 0. The van der Waals surface area contributed by atoms with Crippen LogP contribution in [-0.2, 0) is 16.0 Å². The quantitative estimate of drug-likeness (QED) is 0.236. The molecule has 1 aliphatic rings. The van der Waals surface area contributed by atoms with Crippen LogP contribution in [0.3, 0.4) is 0 Å². The summed E-state index contributed by atoms with van der Waals surface area (Å²) in [5.41, 5.74) is 7.28. The van der Waals surface area contributed by atoms with Crippen molar-refractivity contribution in [2.45, 2.75) is 116 Å². The van der Waals surface area contributed by atoms with Gasteiger partial charge in [-0.25, -0.2) is 0 Å². The van der Waals surface area contributed by atoms with Gasteiger partial charge in [0.25, 0.3) is 0 Å². The molecule has 1 unspecified atom stereocenters. The molecular weight excluding hydrogens is 502 g/mol. The van der Waals surface area contributed by atoms with Crippen molar-refractivity contribution < 1.29 is 19.8 Å². The Morgan fingerprint density at radius 3 is 2.30 bits per heavy atom. The maximum atomic E-state index is 13.7. The summed E-state index contributed by atoms with van der Waals surface area (Å²) in [5, 5.41) is 30.2. The van der Waals surface area contributed by atoms with Crippen molar-refractivity contribution in [3.63, 3.8) is 0 Å². The van der Waals surface area contributed by atoms with E-state index in [-0.39, 0.29) is 23.7 Å². The standard InChI is InChI=1S/C33H51N3O4/c1-5-22(4)30(36-32(39)27(34)19-23-12-7-6-8-13-23)33(40)35-28(31(38)29(37)18-21(2)3)20-25-16-11-15-24-14-9-10-17-26(24)25/h9-11,14-17,21-23,27-31,37-38H,5-8,12-13,18-20,34H2,1-4H3,(H,35,40)(H,36,39)/t22?,27-,28-,29-,30-,31+/m0/s1. The molecule has 7 heteroatoms. The zero-order chi connectivity index (χ0) is 29.2. The maximum Gasteiger partial charge on any atom is 0.243 e. The van der Waals surface area contributed by atoms with Gasteiger partial charge in [0.1, 0.15) is 12.1 Å². The van der Waals surface area contributed by atoms with Crippen LogP contribution in [0.5, 0.6) is 0 Å². The first-order valence-corrected chi connectivity index (χ1v) is 15.3. The van der Waals surface area contributed by atoms with Gasteiger partial charge in [-0.05, 0) is 53.4 Å². The minimum atomic E-state index is -1.17. The van der Waals surface area contributed by atoms with E-state index >= 15 is 0 Å². The van der Waals surface area contributed by atoms with Crippen molar-refractivity contribution in [3.05, 3.63) is 48.0 Å². The molecule has 6 atom stereocenters. The maximum absolute atomic E-state index is 13.7. The highest BCUT2D eigenvalue weighted by Crippen LogP contribution is 2.27. The van der Waals surface area contributed by atoms with E-state index in [1.54, 1.807) is 0 Å². The molecule has 0 aromatic heterocycles. The number of hydrogen-bond donors (Lipinski definition) is 5. The molecular formula is C33H51N3O4. The lowest BCUT2D eigenvalue weighted by Gasteiger charge is -2.32. The summed E-state index contributed by atoms with van der Waals surface area (Å²) in [6, 6.07) is 11.8. The van der Waals surface area contributed by atoms with Crippen molar-refractivity contribution in [1.29, 1.82) is 0 Å². The Balaban J connectivity index is 1.79. The van der Waals surface area contributed by atoms with Crippen molar-refractivity contribution in [2.24, 2.45) is 23.5 Å². The Hall–Kier alpha value is -2.48. The molecule has 222 valence electrons. The number of nitrogens with two attached hydrogens (primary N) is 1. The second-order valence-corrected chi connectivity index (χ2v) is 12.4. The molecule has 40 heavy (non-hydrogen) atoms. The van der Waals surface area contributed by atoms with Gasteiger partial charge in [-0.3, -0.25) is 9.59 Å². The molecule has 7 nitrogen and oxygen atoms in total. The lowest BCUT2D eigenvalue weighted by Crippen LogP contribution is -2.58. The Morgan fingerprint density at radius 1 is 0.950 bits per heavy atom. The molecule has 2 aromatic rings. The van der Waals surface area contributed by atoms with Crippen LogP contribution in [0.2, 0.25) is 0 Å². The zero-order valence-corrected chi connectivity index (χ0v) is 24.8. The van der Waals surface area contributed by atoms with Crippen LogP contribution in [-0.4, -0.2) is 52.4 Å². The van der Waals surface area contributed by atoms with Gasteiger partial charge in [-0.15, -0.1) is 0 Å². The van der Waals surface area contributed by atoms with Gasteiger partial charge in [0.05, 0.1) is 18.2 Å². The van der Waals surface area contributed by atoms with Crippen molar-refractivity contribution in [1.82, 2.24) is 10.6 Å². The summed E-state index contributed by atoms with van der Waals surface area (Å²) in [4.78, 5) is 26.9. The summed E-state index contributed by atoms with van der Waals surface area (Å²) in [7, 11) is 0. The SMILES string of the molecule is CCC(C)[C@H](NC(=O)[C@@H](N)CC1CCCCC1)C(=O)N[C@@H](Cc1cccc2ccccc12)[C@@H](O)[C@@H](O)CC(C)C. The lowest BCUT2D eigenvalue weighted by atomic mass is 9.84. The number of carbonyl (C=O) groups excluding carboxylic acids is 2. The zero-order valence-electron chi connectivity index (χ0n) is 24.8. The Kier molecular flexibility index (Phi) is 12.4. The topological polar surface area (TPSA) is 125 Å². The third-order valence-corrected chi connectivity index (χ3v) is 8.61. The van der Waals surface area contributed by atoms with Crippen LogP contribution in [0.4, 0.5) is 0 Å². The van der Waals surface area contributed by atoms with Gasteiger partial charge in [-0.1, -0.05) is 109 Å². The number of carbonyl (C=O) groups is 2. The molecule has 3 rings (SSSR count). The smallest absolute Gasteiger partial charge is 0.243 e. The number of fused-ring (bicyclic) bond motifs is 1. The number of amides is 2. The summed E-state index contributed by atoms with van der Waals surface area (Å²) in [6.07, 6.45) is 5.69. The van der Waals surface area contributed by atoms with E-state index in [9.17, 15) is 19.8 Å². The number of aliphatic hydroxyl groups is 2. The molecule has 0 heterocycles. The molecule has 2 amide bonds. The van der Waals surface area contributed by atoms with Crippen LogP contribution >= 0.6 is 0 Å². The predicted molar refractivity (Wildman–Crippen MR) is 162 cm³/mol. The third kappa shape index (κ3) is 9.02. The minimum Gasteiger partial charge on any atom is -0.390 e. The van der Waals surface area contributed by atoms with Gasteiger partial charge >= 0.3 is 0 Å². The monoisotopic (exact) mass is 553 g/mol. The third-order valence-electron chi connectivity index (χ3n) is 8.61. The number of aliphatic hydroxyl groups excluding tert-OH is 2. The molecule has 0 bridgehead atoms. The number of nitrogens with one attached hydrogen (secondary N) is 2. The second-order valence-electron chi connectivity index (χ2n) is 12.4. The van der Waals surface area contributed by atoms with Crippen LogP contribution in [0.1, 0.15) is 84.6 Å². The second kappa shape index (κ2) is 15.5. The van der Waals surface area contributed by atoms with Gasteiger partial charge in [0, 0.05) is 0 Å². The van der Waals surface area contributed by atoms with E-state index in [1.165, 1.54) is 19.3 Å². The minimum absolute atomic E-state index is 0.137. The molecule has 1 saturated carbocycles. The molecule has 0 saturated heterocycles. The molecule has 0 radical (unpaired) electrons. The first-order chi connectivity index (χ1) is 19.1. The van der Waals surface area contributed by atoms with E-state index < -0.39 is 30.3 Å². The molecule has 0 spiro atoms. The summed E-state index contributed by atoms with van der Waals surface area (Å²) < 4.78 is 0. The van der Waals surface area contributed by atoms with Gasteiger partial charge in [0.15, 0.2) is 0 Å². The number of rotatable bonds is 14. The average molecular weight is 554 g/mol. The van der Waals surface area contributed by atoms with Crippen LogP contribution in [0.15, 0.2) is 42.5 Å². The van der Waals surface area contributed by atoms with Gasteiger partial charge in [0.2, 0.25) is 11.8 Å². The normalized spacial score (nSPS) is 19.0. The first kappa shape index (κ1) is 32.0. The number of benzene rings is 2. The first-order valence-electron chi connectivity index (χ1n) is 15.3. The van der Waals surface area contributed by atoms with E-state index in [4.69, 9.17) is 5.73 Å². The van der Waals surface area contributed by atoms with E-state index in [0.717, 1.165) is 29.2 Å². The molecule has 0 aliphatic heterocycles. The van der Waals surface area contributed by atoms with E-state index in [1.807, 2.05) is 70.2 Å². The van der Waals surface area contributed by atoms with Gasteiger partial charge < -0.3 is 26.6 Å². The van der Waals surface area contributed by atoms with Crippen molar-refractivity contribution >= 4 is 22.6 Å². The Morgan fingerprint density at radius 2 is 1.62 bits per heavy atom. The summed E-state index contributed by atoms with van der Waals surface area (Å²) in [6.45, 7) is 7.88. The largest absolute Gasteiger partial charge is 0.390 e. The molecule has 1 aliphatic carbocycles. The van der Waals surface area contributed by atoms with Crippen LogP contribution in [0.25, 0.3) is 10.8 Å². The highest BCUT2D eigenvalue weighted by atomic mass is 16.3. The van der Waals surface area contributed by atoms with Crippen molar-refractivity contribution in [2.75, 3.05) is 0 Å². The summed E-state index contributed by atoms with van der Waals surface area (Å²) in [5.74, 6) is -0.184. The van der Waals surface area contributed by atoms with E-state index in [2.05, 4.69) is 10.6 Å². The highest BCUT2D eigenvalue weighted by Gasteiger charge is 2.34. The van der Waals surface area contributed by atoms with Crippen LogP contribution in [0, 0.1) is 17.8 Å². The average Bonchev–Trinajstić information content (AvgIpc) is 2.94. The molecule has 6 N–H and O–H groups in total. The van der Waals surface area contributed by atoms with Crippen molar-refractivity contribution in [3.8, 4) is 0 Å². The predicted octanol–water partition coefficient (Wildman–Crippen LogP) is 4.46. The van der Waals surface area contributed by atoms with Crippen LogP contribution < -0.4 is 16.4 Å². The van der Waals surface area contributed by atoms with E-state index in [0.29, 0.717) is 31.6 Å². The fourth-order valence-corrected chi connectivity index (χ4v) is 5.98. The Labute approximate surface area is 240 Å². The molecule has 2 aromatic carbocycles. The Bertz CT molecular complexity index is 1080. The fraction of sp³-hybridized carbons (Fsp3) is 0.636. The molecule has 1 fully saturated rings. The highest BCUT2D eigenvalue weighted by molar-refractivity contribution is 5.90. The fourth-order valence-electron chi connectivity index (χ4n) is 5.98. The van der Waals surface area contributed by atoms with Gasteiger partial charge in [-0.2, -0.15) is 0 Å². The number of hydrogen-bond acceptors (Lipinski definition) is 5.